The zero-order chi connectivity index (χ0) is 12.8. The van der Waals surface area contributed by atoms with E-state index in [0.717, 1.165) is 0 Å². The average Bonchev–Trinajstić information content (AvgIpc) is 2.13. The first kappa shape index (κ1) is 15.2. The molecule has 0 aliphatic carbocycles. The maximum absolute atomic E-state index is 10.7. The van der Waals surface area contributed by atoms with Gasteiger partial charge in [0.25, 0.3) is 0 Å². The van der Waals surface area contributed by atoms with Crippen LogP contribution in [0.5, 0.6) is 0 Å². The fourth-order valence-corrected chi connectivity index (χ4v) is 1.88. The van der Waals surface area contributed by atoms with E-state index in [9.17, 15) is 9.90 Å². The van der Waals surface area contributed by atoms with Crippen molar-refractivity contribution in [2.24, 2.45) is 17.6 Å². The van der Waals surface area contributed by atoms with Gasteiger partial charge in [0.1, 0.15) is 5.60 Å². The summed E-state index contributed by atoms with van der Waals surface area (Å²) in [6.45, 7) is 5.52. The SMILES string of the molecule is C[C@H](CO)C[C@H](CO)CC(C)(C)OC(N)=O. The van der Waals surface area contributed by atoms with Crippen LogP contribution in [-0.4, -0.2) is 35.1 Å². The molecule has 0 heterocycles. The number of amides is 1. The van der Waals surface area contributed by atoms with Gasteiger partial charge in [-0.2, -0.15) is 0 Å². The second-order valence-corrected chi connectivity index (χ2v) is 4.96. The van der Waals surface area contributed by atoms with Gasteiger partial charge in [-0.3, -0.25) is 0 Å². The van der Waals surface area contributed by atoms with E-state index in [1.165, 1.54) is 0 Å². The number of aliphatic hydroxyl groups excluding tert-OH is 2. The molecule has 0 bridgehead atoms. The smallest absolute Gasteiger partial charge is 0.405 e. The van der Waals surface area contributed by atoms with Crippen LogP contribution >= 0.6 is 0 Å². The minimum absolute atomic E-state index is 0.00324. The molecule has 4 N–H and O–H groups in total. The van der Waals surface area contributed by atoms with Gasteiger partial charge in [0, 0.05) is 13.2 Å². The monoisotopic (exact) mass is 233 g/mol. The summed E-state index contributed by atoms with van der Waals surface area (Å²) in [5, 5.41) is 18.2. The van der Waals surface area contributed by atoms with E-state index in [2.05, 4.69) is 0 Å². The fraction of sp³-hybridized carbons (Fsp3) is 0.909. The van der Waals surface area contributed by atoms with Crippen molar-refractivity contribution >= 4 is 6.09 Å². The molecule has 0 saturated carbocycles. The van der Waals surface area contributed by atoms with Crippen LogP contribution in [0.3, 0.4) is 0 Å². The zero-order valence-corrected chi connectivity index (χ0v) is 10.3. The number of aliphatic hydroxyl groups is 2. The van der Waals surface area contributed by atoms with Gasteiger partial charge in [0.2, 0.25) is 0 Å². The second-order valence-electron chi connectivity index (χ2n) is 4.96. The average molecular weight is 233 g/mol. The van der Waals surface area contributed by atoms with E-state index in [4.69, 9.17) is 15.6 Å². The first-order chi connectivity index (χ1) is 7.30. The number of ether oxygens (including phenoxy) is 1. The summed E-state index contributed by atoms with van der Waals surface area (Å²) >= 11 is 0. The molecule has 0 aliphatic rings. The molecule has 0 aromatic rings. The highest BCUT2D eigenvalue weighted by Gasteiger charge is 2.27. The first-order valence-corrected chi connectivity index (χ1v) is 5.51. The van der Waals surface area contributed by atoms with Gasteiger partial charge < -0.3 is 20.7 Å². The highest BCUT2D eigenvalue weighted by atomic mass is 16.6. The van der Waals surface area contributed by atoms with Crippen LogP contribution in [0.4, 0.5) is 4.79 Å². The van der Waals surface area contributed by atoms with Gasteiger partial charge in [-0.05, 0) is 38.5 Å². The Labute approximate surface area is 96.6 Å². The number of hydrogen-bond acceptors (Lipinski definition) is 4. The summed E-state index contributed by atoms with van der Waals surface area (Å²) in [6.07, 6.45) is 0.409. The van der Waals surface area contributed by atoms with Crippen LogP contribution in [0, 0.1) is 11.8 Å². The van der Waals surface area contributed by atoms with Gasteiger partial charge in [0.15, 0.2) is 0 Å². The highest BCUT2D eigenvalue weighted by Crippen LogP contribution is 2.25. The standard InChI is InChI=1S/C11H23NO4/c1-8(6-13)4-9(7-14)5-11(2,3)16-10(12)15/h8-9,13-14H,4-7H2,1-3H3,(H2,12,15)/t8-,9-/m0/s1. The summed E-state index contributed by atoms with van der Waals surface area (Å²) in [4.78, 5) is 10.7. The number of carbonyl (C=O) groups excluding carboxylic acids is 1. The van der Waals surface area contributed by atoms with Gasteiger partial charge in [-0.25, -0.2) is 4.79 Å². The molecule has 0 aliphatic heterocycles. The lowest BCUT2D eigenvalue weighted by molar-refractivity contribution is 0.0133. The minimum Gasteiger partial charge on any atom is -0.444 e. The Hall–Kier alpha value is -0.810. The number of rotatable bonds is 7. The lowest BCUT2D eigenvalue weighted by atomic mass is 9.87. The van der Waals surface area contributed by atoms with Crippen molar-refractivity contribution in [1.29, 1.82) is 0 Å². The highest BCUT2D eigenvalue weighted by molar-refractivity contribution is 5.65. The third kappa shape index (κ3) is 6.63. The van der Waals surface area contributed by atoms with Crippen molar-refractivity contribution in [3.8, 4) is 0 Å². The maximum Gasteiger partial charge on any atom is 0.405 e. The van der Waals surface area contributed by atoms with Crippen molar-refractivity contribution in [2.45, 2.75) is 39.2 Å². The molecule has 0 unspecified atom stereocenters. The molecule has 5 heteroatoms. The number of primary amides is 1. The Bertz CT molecular complexity index is 218. The summed E-state index contributed by atoms with van der Waals surface area (Å²) in [5.74, 6) is 0.123. The van der Waals surface area contributed by atoms with Gasteiger partial charge in [-0.15, -0.1) is 0 Å². The summed E-state index contributed by atoms with van der Waals surface area (Å²) in [6, 6.07) is 0. The van der Waals surface area contributed by atoms with Crippen LogP contribution in [0.1, 0.15) is 33.6 Å². The fourth-order valence-electron chi connectivity index (χ4n) is 1.88. The second kappa shape index (κ2) is 6.70. The molecular formula is C11H23NO4. The molecule has 0 saturated heterocycles. The lowest BCUT2D eigenvalue weighted by Crippen LogP contribution is -2.34. The molecule has 2 atom stereocenters. The Morgan fingerprint density at radius 3 is 2.31 bits per heavy atom. The largest absolute Gasteiger partial charge is 0.444 e. The number of carbonyl (C=O) groups is 1. The molecule has 0 spiro atoms. The zero-order valence-electron chi connectivity index (χ0n) is 10.3. The van der Waals surface area contributed by atoms with Gasteiger partial charge in [-0.1, -0.05) is 6.92 Å². The van der Waals surface area contributed by atoms with E-state index in [-0.39, 0.29) is 25.0 Å². The molecule has 0 aromatic heterocycles. The van der Waals surface area contributed by atoms with Crippen LogP contribution in [0.25, 0.3) is 0 Å². The van der Waals surface area contributed by atoms with E-state index in [1.807, 2.05) is 6.92 Å². The maximum atomic E-state index is 10.7. The van der Waals surface area contributed by atoms with Crippen LogP contribution in [0.15, 0.2) is 0 Å². The first-order valence-electron chi connectivity index (χ1n) is 5.51. The molecule has 0 radical (unpaired) electrons. The molecule has 5 nitrogen and oxygen atoms in total. The van der Waals surface area contributed by atoms with Crippen molar-refractivity contribution in [3.05, 3.63) is 0 Å². The topological polar surface area (TPSA) is 92.8 Å². The molecule has 1 amide bonds. The Morgan fingerprint density at radius 2 is 1.94 bits per heavy atom. The van der Waals surface area contributed by atoms with Crippen molar-refractivity contribution in [1.82, 2.24) is 0 Å². The summed E-state index contributed by atoms with van der Waals surface area (Å²) < 4.78 is 4.95. The van der Waals surface area contributed by atoms with Crippen molar-refractivity contribution in [2.75, 3.05) is 13.2 Å². The summed E-state index contributed by atoms with van der Waals surface area (Å²) in [7, 11) is 0. The minimum atomic E-state index is -0.808. The van der Waals surface area contributed by atoms with E-state index in [1.54, 1.807) is 13.8 Å². The van der Waals surface area contributed by atoms with E-state index >= 15 is 0 Å². The molecule has 0 aromatic carbocycles. The van der Waals surface area contributed by atoms with E-state index < -0.39 is 11.7 Å². The molecule has 0 rings (SSSR count). The predicted molar refractivity (Wildman–Crippen MR) is 60.8 cm³/mol. The number of nitrogens with two attached hydrogens (primary N) is 1. The predicted octanol–water partition coefficient (Wildman–Crippen LogP) is 0.877. The van der Waals surface area contributed by atoms with Crippen LogP contribution in [0.2, 0.25) is 0 Å². The van der Waals surface area contributed by atoms with Crippen molar-refractivity contribution < 1.29 is 19.7 Å². The summed E-state index contributed by atoms with van der Waals surface area (Å²) in [5.41, 5.74) is 4.27. The molecular weight excluding hydrogens is 210 g/mol. The van der Waals surface area contributed by atoms with Gasteiger partial charge >= 0.3 is 6.09 Å². The van der Waals surface area contributed by atoms with Crippen LogP contribution < -0.4 is 5.73 Å². The number of hydrogen-bond donors (Lipinski definition) is 3. The Kier molecular flexibility index (Phi) is 6.36. The third-order valence-electron chi connectivity index (χ3n) is 2.46. The lowest BCUT2D eigenvalue weighted by Gasteiger charge is -2.29. The normalized spacial score (nSPS) is 15.6. The third-order valence-corrected chi connectivity index (χ3v) is 2.46. The van der Waals surface area contributed by atoms with Crippen molar-refractivity contribution in [3.63, 3.8) is 0 Å². The van der Waals surface area contributed by atoms with Gasteiger partial charge in [0.05, 0.1) is 0 Å². The van der Waals surface area contributed by atoms with E-state index in [0.29, 0.717) is 12.8 Å². The quantitative estimate of drug-likeness (QED) is 0.608. The Balaban J connectivity index is 4.24. The molecule has 96 valence electrons. The van der Waals surface area contributed by atoms with Crippen LogP contribution in [-0.2, 0) is 4.74 Å². The molecule has 0 fully saturated rings. The molecule has 16 heavy (non-hydrogen) atoms. The Morgan fingerprint density at radius 1 is 1.38 bits per heavy atom.